The number of benzene rings is 2. The largest absolute Gasteiger partial charge is 0.445 e. The van der Waals surface area contributed by atoms with Gasteiger partial charge in [0.2, 0.25) is 0 Å². The minimum atomic E-state index is -0.0216. The van der Waals surface area contributed by atoms with Crippen LogP contribution in [0.1, 0.15) is 38.8 Å². The standard InChI is InChI=1S/C22H22N2O3/c25-15-17-6-9-18(10-7-17)22(26)24-13-12-20-19(14-24)23-21(27-20)11-8-16-4-2-1-3-5-16/h1-7,9-10,25H,8,11-15H2. The summed E-state index contributed by atoms with van der Waals surface area (Å²) in [5.41, 5.74) is 3.55. The molecule has 2 aromatic carbocycles. The second kappa shape index (κ2) is 7.76. The normalized spacial score (nSPS) is 13.4. The predicted molar refractivity (Wildman–Crippen MR) is 101 cm³/mol. The number of aliphatic hydroxyl groups excluding tert-OH is 1. The third-order valence-electron chi connectivity index (χ3n) is 4.91. The number of carbonyl (C=O) groups excluding carboxylic acids is 1. The summed E-state index contributed by atoms with van der Waals surface area (Å²) < 4.78 is 5.92. The van der Waals surface area contributed by atoms with Crippen molar-refractivity contribution in [3.05, 3.63) is 88.6 Å². The van der Waals surface area contributed by atoms with Gasteiger partial charge < -0.3 is 14.4 Å². The summed E-state index contributed by atoms with van der Waals surface area (Å²) in [7, 11) is 0. The van der Waals surface area contributed by atoms with Crippen LogP contribution >= 0.6 is 0 Å². The number of aromatic nitrogens is 1. The zero-order chi connectivity index (χ0) is 18.6. The molecule has 5 heteroatoms. The minimum Gasteiger partial charge on any atom is -0.445 e. The van der Waals surface area contributed by atoms with Crippen LogP contribution in [-0.4, -0.2) is 27.4 Å². The highest BCUT2D eigenvalue weighted by molar-refractivity contribution is 5.94. The van der Waals surface area contributed by atoms with Crippen molar-refractivity contribution >= 4 is 5.91 Å². The Morgan fingerprint density at radius 1 is 1.04 bits per heavy atom. The number of hydrogen-bond donors (Lipinski definition) is 1. The number of carbonyl (C=O) groups is 1. The van der Waals surface area contributed by atoms with Gasteiger partial charge in [0.25, 0.3) is 5.91 Å². The second-order valence-electron chi connectivity index (χ2n) is 6.79. The van der Waals surface area contributed by atoms with Crippen molar-refractivity contribution in [3.63, 3.8) is 0 Å². The van der Waals surface area contributed by atoms with Gasteiger partial charge in [0.05, 0.1) is 13.2 Å². The van der Waals surface area contributed by atoms with E-state index in [-0.39, 0.29) is 12.5 Å². The molecule has 0 atom stereocenters. The topological polar surface area (TPSA) is 66.6 Å². The molecule has 3 aromatic rings. The fraction of sp³-hybridized carbons (Fsp3) is 0.273. The summed E-state index contributed by atoms with van der Waals surface area (Å²) in [4.78, 5) is 19.2. The molecule has 27 heavy (non-hydrogen) atoms. The molecule has 138 valence electrons. The van der Waals surface area contributed by atoms with E-state index >= 15 is 0 Å². The van der Waals surface area contributed by atoms with E-state index in [2.05, 4.69) is 17.1 Å². The summed E-state index contributed by atoms with van der Waals surface area (Å²) in [6.45, 7) is 1.08. The fourth-order valence-corrected chi connectivity index (χ4v) is 3.36. The van der Waals surface area contributed by atoms with Crippen molar-refractivity contribution in [3.8, 4) is 0 Å². The summed E-state index contributed by atoms with van der Waals surface area (Å²) in [5.74, 6) is 1.63. The molecule has 0 spiro atoms. The van der Waals surface area contributed by atoms with E-state index < -0.39 is 0 Å². The van der Waals surface area contributed by atoms with Crippen LogP contribution in [0.4, 0.5) is 0 Å². The third-order valence-corrected chi connectivity index (χ3v) is 4.91. The number of aryl methyl sites for hydroxylation is 2. The van der Waals surface area contributed by atoms with Crippen LogP contribution < -0.4 is 0 Å². The van der Waals surface area contributed by atoms with Gasteiger partial charge in [0.1, 0.15) is 11.5 Å². The van der Waals surface area contributed by atoms with E-state index in [1.54, 1.807) is 29.2 Å². The van der Waals surface area contributed by atoms with E-state index in [0.717, 1.165) is 35.7 Å². The molecule has 0 fully saturated rings. The minimum absolute atomic E-state index is 0.0148. The van der Waals surface area contributed by atoms with Gasteiger partial charge in [-0.1, -0.05) is 42.5 Å². The maximum Gasteiger partial charge on any atom is 0.254 e. The van der Waals surface area contributed by atoms with Gasteiger partial charge in [0.15, 0.2) is 5.89 Å². The summed E-state index contributed by atoms with van der Waals surface area (Å²) in [5, 5.41) is 9.13. The van der Waals surface area contributed by atoms with Gasteiger partial charge >= 0.3 is 0 Å². The van der Waals surface area contributed by atoms with Crippen molar-refractivity contribution in [2.45, 2.75) is 32.4 Å². The lowest BCUT2D eigenvalue weighted by molar-refractivity contribution is 0.0728. The van der Waals surface area contributed by atoms with Gasteiger partial charge in [-0.15, -0.1) is 0 Å². The molecular formula is C22H22N2O3. The average molecular weight is 362 g/mol. The zero-order valence-electron chi connectivity index (χ0n) is 15.1. The molecular weight excluding hydrogens is 340 g/mol. The molecule has 1 aromatic heterocycles. The quantitative estimate of drug-likeness (QED) is 0.757. The maximum absolute atomic E-state index is 12.7. The molecule has 0 saturated heterocycles. The highest BCUT2D eigenvalue weighted by atomic mass is 16.4. The van der Waals surface area contributed by atoms with E-state index in [0.29, 0.717) is 25.1 Å². The van der Waals surface area contributed by atoms with Crippen LogP contribution in [0.5, 0.6) is 0 Å². The Balaban J connectivity index is 1.42. The van der Waals surface area contributed by atoms with E-state index in [1.165, 1.54) is 5.56 Å². The van der Waals surface area contributed by atoms with Crippen molar-refractivity contribution in [1.82, 2.24) is 9.88 Å². The number of amides is 1. The smallest absolute Gasteiger partial charge is 0.254 e. The maximum atomic E-state index is 12.7. The molecule has 0 unspecified atom stereocenters. The second-order valence-corrected chi connectivity index (χ2v) is 6.79. The molecule has 0 bridgehead atoms. The highest BCUT2D eigenvalue weighted by Crippen LogP contribution is 2.22. The highest BCUT2D eigenvalue weighted by Gasteiger charge is 2.26. The van der Waals surface area contributed by atoms with Crippen molar-refractivity contribution in [2.75, 3.05) is 6.54 Å². The Bertz CT molecular complexity index is 916. The summed E-state index contributed by atoms with van der Waals surface area (Å²) in [6.07, 6.45) is 2.34. The Hall–Kier alpha value is -2.92. The van der Waals surface area contributed by atoms with Crippen LogP contribution in [0.25, 0.3) is 0 Å². The Labute approximate surface area is 158 Å². The Morgan fingerprint density at radius 2 is 1.81 bits per heavy atom. The van der Waals surface area contributed by atoms with Crippen LogP contribution in [0.2, 0.25) is 0 Å². The van der Waals surface area contributed by atoms with Gasteiger partial charge in [0, 0.05) is 24.9 Å². The van der Waals surface area contributed by atoms with Crippen LogP contribution in [0.15, 0.2) is 59.0 Å². The fourth-order valence-electron chi connectivity index (χ4n) is 3.36. The van der Waals surface area contributed by atoms with Gasteiger partial charge in [-0.3, -0.25) is 4.79 Å². The van der Waals surface area contributed by atoms with E-state index in [9.17, 15) is 4.79 Å². The lowest BCUT2D eigenvalue weighted by atomic mass is 10.1. The summed E-state index contributed by atoms with van der Waals surface area (Å²) in [6, 6.07) is 17.4. The Kier molecular flexibility index (Phi) is 5.03. The number of oxazole rings is 1. The predicted octanol–water partition coefficient (Wildman–Crippen LogP) is 3.15. The lowest BCUT2D eigenvalue weighted by Crippen LogP contribution is -2.35. The molecule has 0 aliphatic carbocycles. The monoisotopic (exact) mass is 362 g/mol. The van der Waals surface area contributed by atoms with E-state index in [1.807, 2.05) is 18.2 Å². The number of aliphatic hydroxyl groups is 1. The molecule has 1 aliphatic rings. The summed E-state index contributed by atoms with van der Waals surface area (Å²) >= 11 is 0. The molecule has 0 radical (unpaired) electrons. The number of hydrogen-bond acceptors (Lipinski definition) is 4. The number of rotatable bonds is 5. The SMILES string of the molecule is O=C(c1ccc(CO)cc1)N1CCc2oc(CCc3ccccc3)nc2C1. The zero-order valence-corrected chi connectivity index (χ0v) is 15.1. The van der Waals surface area contributed by atoms with E-state index in [4.69, 9.17) is 9.52 Å². The van der Waals surface area contributed by atoms with Crippen molar-refractivity contribution < 1.29 is 14.3 Å². The molecule has 1 N–H and O–H groups in total. The molecule has 1 aliphatic heterocycles. The van der Waals surface area contributed by atoms with Crippen LogP contribution in [0, 0.1) is 0 Å². The van der Waals surface area contributed by atoms with Crippen molar-refractivity contribution in [1.29, 1.82) is 0 Å². The Morgan fingerprint density at radius 3 is 2.56 bits per heavy atom. The molecule has 4 rings (SSSR count). The molecule has 1 amide bonds. The number of fused-ring (bicyclic) bond motifs is 1. The lowest BCUT2D eigenvalue weighted by Gasteiger charge is -2.25. The first-order valence-electron chi connectivity index (χ1n) is 9.23. The first kappa shape index (κ1) is 17.5. The van der Waals surface area contributed by atoms with Crippen LogP contribution in [-0.2, 0) is 32.4 Å². The van der Waals surface area contributed by atoms with Crippen molar-refractivity contribution in [2.24, 2.45) is 0 Å². The first-order chi connectivity index (χ1) is 13.2. The molecule has 2 heterocycles. The number of nitrogens with zero attached hydrogens (tertiary/aromatic N) is 2. The third kappa shape index (κ3) is 3.93. The van der Waals surface area contributed by atoms with Gasteiger partial charge in [-0.05, 0) is 29.7 Å². The van der Waals surface area contributed by atoms with Gasteiger partial charge in [-0.25, -0.2) is 4.98 Å². The first-order valence-corrected chi connectivity index (χ1v) is 9.23. The molecule has 5 nitrogen and oxygen atoms in total. The van der Waals surface area contributed by atoms with Crippen LogP contribution in [0.3, 0.4) is 0 Å². The average Bonchev–Trinajstić information content (AvgIpc) is 3.14. The van der Waals surface area contributed by atoms with Gasteiger partial charge in [-0.2, -0.15) is 0 Å². The molecule has 0 saturated carbocycles.